The predicted octanol–water partition coefficient (Wildman–Crippen LogP) is 2.02. The predicted molar refractivity (Wildman–Crippen MR) is 81.7 cm³/mol. The van der Waals surface area contributed by atoms with E-state index in [1.54, 1.807) is 11.1 Å². The van der Waals surface area contributed by atoms with E-state index >= 15 is 0 Å². The van der Waals surface area contributed by atoms with Gasteiger partial charge in [0.15, 0.2) is 5.89 Å². The fourth-order valence-electron chi connectivity index (χ4n) is 3.83. The van der Waals surface area contributed by atoms with Crippen molar-refractivity contribution < 1.29 is 19.1 Å². The number of hydrogen-bond donors (Lipinski definition) is 2. The molecule has 3 rings (SSSR count). The lowest BCUT2D eigenvalue weighted by Gasteiger charge is -2.23. The van der Waals surface area contributed by atoms with E-state index in [0.29, 0.717) is 31.2 Å². The number of nitrogens with one attached hydrogen (secondary N) is 1. The number of aromatic nitrogens is 1. The first-order valence-corrected chi connectivity index (χ1v) is 8.25. The van der Waals surface area contributed by atoms with Crippen molar-refractivity contribution in [2.45, 2.75) is 45.6 Å². The van der Waals surface area contributed by atoms with Crippen LogP contribution in [-0.2, 0) is 17.8 Å². The Morgan fingerprint density at radius 1 is 1.57 bits per heavy atom. The number of carbonyl (C=O) groups excluding carboxylic acids is 1. The Labute approximate surface area is 135 Å². The molecule has 2 amide bonds. The SMILES string of the molecule is CCCc1ncc(CNC(=O)N2C[C@@H]3CCC[C@@]3(C(=O)O)C2)o1. The molecule has 2 fully saturated rings. The molecular weight excluding hydrogens is 298 g/mol. The molecule has 2 heterocycles. The van der Waals surface area contributed by atoms with Crippen molar-refractivity contribution in [3.8, 4) is 0 Å². The molecule has 23 heavy (non-hydrogen) atoms. The largest absolute Gasteiger partial charge is 0.481 e. The average molecular weight is 321 g/mol. The van der Waals surface area contributed by atoms with Gasteiger partial charge in [0.1, 0.15) is 5.76 Å². The van der Waals surface area contributed by atoms with Gasteiger partial charge >= 0.3 is 12.0 Å². The maximum Gasteiger partial charge on any atom is 0.317 e. The zero-order valence-corrected chi connectivity index (χ0v) is 13.4. The minimum atomic E-state index is -0.769. The molecule has 7 heteroatoms. The van der Waals surface area contributed by atoms with Gasteiger partial charge in [-0.05, 0) is 25.2 Å². The monoisotopic (exact) mass is 321 g/mol. The second-order valence-electron chi connectivity index (χ2n) is 6.56. The van der Waals surface area contributed by atoms with E-state index in [4.69, 9.17) is 4.42 Å². The highest BCUT2D eigenvalue weighted by Crippen LogP contribution is 2.48. The number of nitrogens with zero attached hydrogens (tertiary/aromatic N) is 2. The van der Waals surface area contributed by atoms with Crippen LogP contribution in [0.25, 0.3) is 0 Å². The molecule has 0 bridgehead atoms. The molecule has 2 N–H and O–H groups in total. The number of likely N-dealkylation sites (tertiary alicyclic amines) is 1. The lowest BCUT2D eigenvalue weighted by molar-refractivity contribution is -0.149. The van der Waals surface area contributed by atoms with Crippen molar-refractivity contribution in [1.29, 1.82) is 0 Å². The van der Waals surface area contributed by atoms with Crippen molar-refractivity contribution in [2.24, 2.45) is 11.3 Å². The van der Waals surface area contributed by atoms with Crippen LogP contribution in [0.5, 0.6) is 0 Å². The van der Waals surface area contributed by atoms with E-state index in [1.165, 1.54) is 0 Å². The minimum absolute atomic E-state index is 0.0761. The van der Waals surface area contributed by atoms with Crippen LogP contribution in [-0.4, -0.2) is 40.1 Å². The van der Waals surface area contributed by atoms with E-state index in [1.807, 2.05) is 6.92 Å². The molecule has 1 aliphatic carbocycles. The molecule has 7 nitrogen and oxygen atoms in total. The molecule has 1 saturated carbocycles. The topological polar surface area (TPSA) is 95.7 Å². The Balaban J connectivity index is 1.56. The smallest absolute Gasteiger partial charge is 0.317 e. The summed E-state index contributed by atoms with van der Waals surface area (Å²) in [5, 5.41) is 12.4. The number of carboxylic acid groups (broad SMARTS) is 1. The molecule has 1 aliphatic heterocycles. The van der Waals surface area contributed by atoms with E-state index in [9.17, 15) is 14.7 Å². The van der Waals surface area contributed by atoms with Crippen LogP contribution in [0.15, 0.2) is 10.6 Å². The van der Waals surface area contributed by atoms with Gasteiger partial charge in [0.05, 0.1) is 18.2 Å². The van der Waals surface area contributed by atoms with Crippen LogP contribution < -0.4 is 5.32 Å². The highest BCUT2D eigenvalue weighted by molar-refractivity contribution is 5.80. The molecule has 1 aromatic rings. The van der Waals surface area contributed by atoms with Crippen LogP contribution in [0.4, 0.5) is 4.79 Å². The molecule has 0 unspecified atom stereocenters. The van der Waals surface area contributed by atoms with Crippen molar-refractivity contribution in [3.63, 3.8) is 0 Å². The zero-order chi connectivity index (χ0) is 16.4. The number of aliphatic carboxylic acids is 1. The lowest BCUT2D eigenvalue weighted by Crippen LogP contribution is -2.41. The van der Waals surface area contributed by atoms with Gasteiger partial charge < -0.3 is 19.7 Å². The average Bonchev–Trinajstić information content (AvgIpc) is 3.18. The molecule has 2 atom stereocenters. The van der Waals surface area contributed by atoms with Crippen molar-refractivity contribution in [3.05, 3.63) is 17.8 Å². The molecule has 1 saturated heterocycles. The molecule has 0 spiro atoms. The van der Waals surface area contributed by atoms with E-state index in [2.05, 4.69) is 10.3 Å². The first-order chi connectivity index (χ1) is 11.0. The van der Waals surface area contributed by atoms with E-state index < -0.39 is 11.4 Å². The number of amides is 2. The summed E-state index contributed by atoms with van der Waals surface area (Å²) >= 11 is 0. The molecule has 0 radical (unpaired) electrons. The summed E-state index contributed by atoms with van der Waals surface area (Å²) in [5.41, 5.74) is -0.738. The Hall–Kier alpha value is -2.05. The molecule has 0 aromatic carbocycles. The normalized spacial score (nSPS) is 26.3. The highest BCUT2D eigenvalue weighted by atomic mass is 16.4. The van der Waals surface area contributed by atoms with Gasteiger partial charge in [-0.1, -0.05) is 13.3 Å². The Kier molecular flexibility index (Phi) is 4.28. The number of aryl methyl sites for hydroxylation is 1. The second-order valence-corrected chi connectivity index (χ2v) is 6.56. The van der Waals surface area contributed by atoms with Crippen LogP contribution >= 0.6 is 0 Å². The summed E-state index contributed by atoms with van der Waals surface area (Å²) in [6.45, 7) is 3.15. The number of urea groups is 1. The maximum atomic E-state index is 12.3. The second kappa shape index (κ2) is 6.22. The van der Waals surface area contributed by atoms with Crippen LogP contribution in [0.3, 0.4) is 0 Å². The number of fused-ring (bicyclic) bond motifs is 1. The van der Waals surface area contributed by atoms with E-state index in [0.717, 1.165) is 25.7 Å². The third kappa shape index (κ3) is 2.92. The van der Waals surface area contributed by atoms with Gasteiger partial charge in [-0.2, -0.15) is 0 Å². The van der Waals surface area contributed by atoms with Gasteiger partial charge in [-0.3, -0.25) is 4.79 Å². The van der Waals surface area contributed by atoms with Crippen molar-refractivity contribution >= 4 is 12.0 Å². The minimum Gasteiger partial charge on any atom is -0.481 e. The van der Waals surface area contributed by atoms with Gasteiger partial charge in [-0.25, -0.2) is 9.78 Å². The summed E-state index contributed by atoms with van der Waals surface area (Å²) in [7, 11) is 0. The number of carbonyl (C=O) groups is 2. The third-order valence-electron chi connectivity index (χ3n) is 5.06. The van der Waals surface area contributed by atoms with Crippen LogP contribution in [0, 0.1) is 11.3 Å². The fourth-order valence-corrected chi connectivity index (χ4v) is 3.83. The number of rotatable bonds is 5. The number of hydrogen-bond acceptors (Lipinski definition) is 4. The van der Waals surface area contributed by atoms with Crippen molar-refractivity contribution in [2.75, 3.05) is 13.1 Å². The lowest BCUT2D eigenvalue weighted by atomic mass is 9.81. The maximum absolute atomic E-state index is 12.3. The fraction of sp³-hybridized carbons (Fsp3) is 0.688. The number of oxazole rings is 1. The summed E-state index contributed by atoms with van der Waals surface area (Å²) < 4.78 is 5.53. The Morgan fingerprint density at radius 3 is 3.09 bits per heavy atom. The standard InChI is InChI=1S/C16H23N3O4/c1-2-4-13-17-7-12(23-13)8-18-15(22)19-9-11-5-3-6-16(11,10-19)14(20)21/h7,11H,2-6,8-10H2,1H3,(H,18,22)(H,20,21)/t11-,16+/m0/s1. The first kappa shape index (κ1) is 15.8. The summed E-state index contributed by atoms with van der Waals surface area (Å²) in [6.07, 6.45) is 5.85. The molecule has 2 aliphatic rings. The van der Waals surface area contributed by atoms with Gasteiger partial charge in [0.25, 0.3) is 0 Å². The Morgan fingerprint density at radius 2 is 2.39 bits per heavy atom. The van der Waals surface area contributed by atoms with Crippen LogP contribution in [0.2, 0.25) is 0 Å². The number of carboxylic acids is 1. The summed E-state index contributed by atoms with van der Waals surface area (Å²) in [4.78, 5) is 29.7. The van der Waals surface area contributed by atoms with Gasteiger partial charge in [0, 0.05) is 19.5 Å². The third-order valence-corrected chi connectivity index (χ3v) is 5.06. The Bertz CT molecular complexity index is 600. The highest BCUT2D eigenvalue weighted by Gasteiger charge is 2.55. The summed E-state index contributed by atoms with van der Waals surface area (Å²) in [5.74, 6) is 0.605. The van der Waals surface area contributed by atoms with Crippen LogP contribution in [0.1, 0.15) is 44.3 Å². The van der Waals surface area contributed by atoms with E-state index in [-0.39, 0.29) is 18.5 Å². The summed E-state index contributed by atoms with van der Waals surface area (Å²) in [6, 6.07) is -0.228. The molecule has 1 aromatic heterocycles. The first-order valence-electron chi connectivity index (χ1n) is 8.25. The molecule has 126 valence electrons. The molecular formula is C16H23N3O4. The quantitative estimate of drug-likeness (QED) is 0.865. The van der Waals surface area contributed by atoms with Gasteiger partial charge in [-0.15, -0.1) is 0 Å². The zero-order valence-electron chi connectivity index (χ0n) is 13.4. The van der Waals surface area contributed by atoms with Gasteiger partial charge in [0.2, 0.25) is 0 Å². The van der Waals surface area contributed by atoms with Crippen molar-refractivity contribution in [1.82, 2.24) is 15.2 Å².